The molecule has 0 spiro atoms. The number of hydrogen-bond donors (Lipinski definition) is 2. The molecule has 1 saturated carbocycles. The van der Waals surface area contributed by atoms with Crippen LogP contribution in [0.3, 0.4) is 0 Å². The number of alkyl halides is 2. The third-order valence-corrected chi connectivity index (χ3v) is 3.43. The number of aliphatic hydroxyl groups is 1. The molecule has 1 aromatic rings. The Hall–Kier alpha value is -1.69. The third kappa shape index (κ3) is 3.66. The third-order valence-electron chi connectivity index (χ3n) is 3.43. The summed E-state index contributed by atoms with van der Waals surface area (Å²) in [7, 11) is 0. The van der Waals surface area contributed by atoms with Crippen LogP contribution < -0.4 is 10.1 Å². The number of rotatable bonds is 6. The van der Waals surface area contributed by atoms with E-state index >= 15 is 0 Å². The first-order chi connectivity index (χ1) is 9.39. The fourth-order valence-corrected chi connectivity index (χ4v) is 1.98. The summed E-state index contributed by atoms with van der Waals surface area (Å²) in [6, 6.07) is 5.99. The molecule has 1 atom stereocenters. The first kappa shape index (κ1) is 14.7. The van der Waals surface area contributed by atoms with Gasteiger partial charge in [-0.2, -0.15) is 8.78 Å². The van der Waals surface area contributed by atoms with Gasteiger partial charge in [0, 0.05) is 6.54 Å². The van der Waals surface area contributed by atoms with E-state index in [1.165, 1.54) is 19.1 Å². The summed E-state index contributed by atoms with van der Waals surface area (Å²) in [5, 5.41) is 12.7. The fraction of sp³-hybridized carbons (Fsp3) is 0.500. The lowest BCUT2D eigenvalue weighted by molar-refractivity contribution is -0.140. The van der Waals surface area contributed by atoms with Gasteiger partial charge in [-0.15, -0.1) is 0 Å². The molecule has 1 aliphatic rings. The number of halogens is 2. The molecule has 0 heterocycles. The summed E-state index contributed by atoms with van der Waals surface area (Å²) in [4.78, 5) is 11.8. The van der Waals surface area contributed by atoms with Crippen LogP contribution in [0.2, 0.25) is 0 Å². The van der Waals surface area contributed by atoms with Crippen molar-refractivity contribution < 1.29 is 23.4 Å². The molecule has 6 heteroatoms. The number of hydrogen-bond acceptors (Lipinski definition) is 3. The Balaban J connectivity index is 1.86. The van der Waals surface area contributed by atoms with Gasteiger partial charge in [0.05, 0.1) is 0 Å². The van der Waals surface area contributed by atoms with Crippen LogP contribution in [0.5, 0.6) is 5.75 Å². The molecule has 4 nitrogen and oxygen atoms in total. The molecular weight excluding hydrogens is 268 g/mol. The van der Waals surface area contributed by atoms with E-state index < -0.39 is 18.1 Å². The van der Waals surface area contributed by atoms with Gasteiger partial charge in [0.1, 0.15) is 11.4 Å². The van der Waals surface area contributed by atoms with Crippen molar-refractivity contribution in [2.45, 2.75) is 38.5 Å². The zero-order chi connectivity index (χ0) is 14.8. The lowest BCUT2D eigenvalue weighted by atomic mass is 9.99. The maximum atomic E-state index is 12.0. The first-order valence-electron chi connectivity index (χ1n) is 6.44. The largest absolute Gasteiger partial charge is 0.435 e. The lowest BCUT2D eigenvalue weighted by Crippen LogP contribution is -2.45. The highest BCUT2D eigenvalue weighted by Crippen LogP contribution is 2.39. The number of amides is 1. The zero-order valence-corrected chi connectivity index (χ0v) is 11.1. The Morgan fingerprint density at radius 3 is 2.55 bits per heavy atom. The molecule has 2 rings (SSSR count). The van der Waals surface area contributed by atoms with E-state index in [1.807, 2.05) is 0 Å². The van der Waals surface area contributed by atoms with Gasteiger partial charge in [0.15, 0.2) is 0 Å². The minimum absolute atomic E-state index is 0.0318. The quantitative estimate of drug-likeness (QED) is 0.841. The van der Waals surface area contributed by atoms with Gasteiger partial charge in [0.2, 0.25) is 0 Å². The summed E-state index contributed by atoms with van der Waals surface area (Å²) < 4.78 is 28.2. The van der Waals surface area contributed by atoms with Gasteiger partial charge in [-0.25, -0.2) is 0 Å². The van der Waals surface area contributed by atoms with Gasteiger partial charge >= 0.3 is 6.61 Å². The van der Waals surface area contributed by atoms with E-state index in [2.05, 4.69) is 10.1 Å². The summed E-state index contributed by atoms with van der Waals surface area (Å²) in [6.07, 6.45) is 1.72. The van der Waals surface area contributed by atoms with Crippen molar-refractivity contribution in [2.75, 3.05) is 0 Å². The van der Waals surface area contributed by atoms with E-state index in [0.717, 1.165) is 18.4 Å². The standard InChI is InChI=1S/C14H17F2NO3/c1-14(19,10-4-5-10)12(18)17-8-9-2-6-11(7-3-9)20-13(15)16/h2-3,6-7,10,13,19H,4-5,8H2,1H3,(H,17,18)/t14-/m0/s1. The molecule has 2 N–H and O–H groups in total. The average molecular weight is 285 g/mol. The van der Waals surface area contributed by atoms with Crippen molar-refractivity contribution in [3.05, 3.63) is 29.8 Å². The molecule has 1 fully saturated rings. The van der Waals surface area contributed by atoms with Gasteiger partial charge < -0.3 is 15.2 Å². The molecule has 0 saturated heterocycles. The zero-order valence-electron chi connectivity index (χ0n) is 11.1. The summed E-state index contributed by atoms with van der Waals surface area (Å²) in [6.45, 7) is -1.11. The fourth-order valence-electron chi connectivity index (χ4n) is 1.98. The Bertz CT molecular complexity index is 470. The Morgan fingerprint density at radius 2 is 2.05 bits per heavy atom. The van der Waals surface area contributed by atoms with Crippen LogP contribution in [-0.4, -0.2) is 23.2 Å². The Morgan fingerprint density at radius 1 is 1.45 bits per heavy atom. The second kappa shape index (κ2) is 5.75. The maximum Gasteiger partial charge on any atom is 0.387 e. The normalized spacial score (nSPS) is 17.6. The van der Waals surface area contributed by atoms with Crippen LogP contribution in [0.1, 0.15) is 25.3 Å². The average Bonchev–Trinajstić information content (AvgIpc) is 3.21. The highest BCUT2D eigenvalue weighted by Gasteiger charge is 2.45. The second-order valence-corrected chi connectivity index (χ2v) is 5.13. The van der Waals surface area contributed by atoms with E-state index in [9.17, 15) is 18.7 Å². The van der Waals surface area contributed by atoms with Crippen LogP contribution in [-0.2, 0) is 11.3 Å². The smallest absolute Gasteiger partial charge is 0.387 e. The number of nitrogens with one attached hydrogen (secondary N) is 1. The summed E-state index contributed by atoms with van der Waals surface area (Å²) in [5.74, 6) is -0.308. The number of ether oxygens (including phenoxy) is 1. The van der Waals surface area contributed by atoms with Crippen molar-refractivity contribution in [3.8, 4) is 5.75 Å². The van der Waals surface area contributed by atoms with Crippen LogP contribution in [0.15, 0.2) is 24.3 Å². The molecule has 0 bridgehead atoms. The molecule has 1 aliphatic carbocycles. The predicted octanol–water partition coefficient (Wildman–Crippen LogP) is 2.07. The van der Waals surface area contributed by atoms with Crippen LogP contribution in [0, 0.1) is 5.92 Å². The molecule has 110 valence electrons. The molecule has 0 radical (unpaired) electrons. The van der Waals surface area contributed by atoms with Crippen LogP contribution >= 0.6 is 0 Å². The number of carbonyl (C=O) groups excluding carboxylic acids is 1. The number of carbonyl (C=O) groups is 1. The van der Waals surface area contributed by atoms with Gasteiger partial charge in [-0.05, 0) is 43.4 Å². The summed E-state index contributed by atoms with van der Waals surface area (Å²) in [5.41, 5.74) is -0.592. The Kier molecular flexibility index (Phi) is 4.23. The van der Waals surface area contributed by atoms with E-state index in [0.29, 0.717) is 0 Å². The van der Waals surface area contributed by atoms with Crippen molar-refractivity contribution in [2.24, 2.45) is 5.92 Å². The highest BCUT2D eigenvalue weighted by molar-refractivity contribution is 5.85. The van der Waals surface area contributed by atoms with Crippen LogP contribution in [0.4, 0.5) is 8.78 Å². The molecule has 1 amide bonds. The van der Waals surface area contributed by atoms with Crippen LogP contribution in [0.25, 0.3) is 0 Å². The molecule has 0 aromatic heterocycles. The maximum absolute atomic E-state index is 12.0. The predicted molar refractivity (Wildman–Crippen MR) is 68.3 cm³/mol. The minimum atomic E-state index is -2.85. The molecule has 1 aromatic carbocycles. The Labute approximate surface area is 115 Å². The van der Waals surface area contributed by atoms with Crippen molar-refractivity contribution in [1.82, 2.24) is 5.32 Å². The van der Waals surface area contributed by atoms with Gasteiger partial charge in [0.25, 0.3) is 5.91 Å². The van der Waals surface area contributed by atoms with Gasteiger partial charge in [-0.1, -0.05) is 12.1 Å². The van der Waals surface area contributed by atoms with Gasteiger partial charge in [-0.3, -0.25) is 4.79 Å². The molecule has 20 heavy (non-hydrogen) atoms. The van der Waals surface area contributed by atoms with E-state index in [1.54, 1.807) is 12.1 Å². The lowest BCUT2D eigenvalue weighted by Gasteiger charge is -2.21. The first-order valence-corrected chi connectivity index (χ1v) is 6.44. The van der Waals surface area contributed by atoms with Crippen molar-refractivity contribution in [1.29, 1.82) is 0 Å². The van der Waals surface area contributed by atoms with Crippen molar-refractivity contribution in [3.63, 3.8) is 0 Å². The summed E-state index contributed by atoms with van der Waals surface area (Å²) >= 11 is 0. The van der Waals surface area contributed by atoms with E-state index in [-0.39, 0.29) is 18.2 Å². The molecular formula is C14H17F2NO3. The minimum Gasteiger partial charge on any atom is -0.435 e. The second-order valence-electron chi connectivity index (χ2n) is 5.13. The highest BCUT2D eigenvalue weighted by atomic mass is 19.3. The molecule has 0 unspecified atom stereocenters. The van der Waals surface area contributed by atoms with Crippen molar-refractivity contribution >= 4 is 5.91 Å². The topological polar surface area (TPSA) is 58.6 Å². The van der Waals surface area contributed by atoms with E-state index in [4.69, 9.17) is 0 Å². The SMILES string of the molecule is C[C@@](O)(C(=O)NCc1ccc(OC(F)F)cc1)C1CC1. The molecule has 0 aliphatic heterocycles. The monoisotopic (exact) mass is 285 g/mol. The number of benzene rings is 1.